The largest absolute Gasteiger partial charge is 0.375 e. The van der Waals surface area contributed by atoms with Crippen LogP contribution in [0.2, 0.25) is 5.02 Å². The third-order valence-electron chi connectivity index (χ3n) is 4.34. The van der Waals surface area contributed by atoms with E-state index in [0.29, 0.717) is 16.3 Å². The van der Waals surface area contributed by atoms with Crippen LogP contribution < -0.4 is 4.90 Å². The smallest absolute Gasteiger partial charge is 0.263 e. The number of rotatable bonds is 5. The van der Waals surface area contributed by atoms with Gasteiger partial charge in [0.1, 0.15) is 0 Å². The van der Waals surface area contributed by atoms with Gasteiger partial charge in [0.25, 0.3) is 5.91 Å². The molecule has 1 aliphatic rings. The topological polar surface area (TPSA) is 57.6 Å². The highest BCUT2D eigenvalue weighted by Crippen LogP contribution is 2.42. The maximum atomic E-state index is 12.5. The monoisotopic (exact) mass is 367 g/mol. The first-order valence-electron chi connectivity index (χ1n) is 8.15. The van der Waals surface area contributed by atoms with Crippen LogP contribution in [0.1, 0.15) is 17.5 Å². The minimum Gasteiger partial charge on any atom is -0.375 e. The van der Waals surface area contributed by atoms with Gasteiger partial charge in [-0.25, -0.2) is 0 Å². The van der Waals surface area contributed by atoms with Crippen LogP contribution >= 0.6 is 11.6 Å². The first kappa shape index (κ1) is 18.1. The molecule has 132 valence electrons. The van der Waals surface area contributed by atoms with Crippen molar-refractivity contribution in [2.75, 3.05) is 11.9 Å². The van der Waals surface area contributed by atoms with Crippen molar-refractivity contribution in [3.8, 4) is 0 Å². The van der Waals surface area contributed by atoms with Crippen molar-refractivity contribution >= 4 is 35.1 Å². The second-order valence-corrected chi connectivity index (χ2v) is 6.59. The van der Waals surface area contributed by atoms with Crippen molar-refractivity contribution in [2.24, 2.45) is 0 Å². The fourth-order valence-electron chi connectivity index (χ4n) is 3.01. The summed E-state index contributed by atoms with van der Waals surface area (Å²) in [4.78, 5) is 26.1. The number of likely N-dealkylation sites (N-methyl/N-ethyl adjacent to an activating group) is 1. The van der Waals surface area contributed by atoms with Gasteiger partial charge >= 0.3 is 0 Å². The van der Waals surface area contributed by atoms with E-state index in [1.165, 1.54) is 17.0 Å². The lowest BCUT2D eigenvalue weighted by atomic mass is 9.90. The third kappa shape index (κ3) is 3.47. The molecule has 5 heteroatoms. The van der Waals surface area contributed by atoms with Crippen LogP contribution in [0.25, 0.3) is 6.08 Å². The Bertz CT molecular complexity index is 905. The Hall–Kier alpha value is -2.69. The second kappa shape index (κ2) is 7.28. The molecule has 1 N–H and O–H groups in total. The summed E-state index contributed by atoms with van der Waals surface area (Å²) in [5, 5.41) is 11.3. The van der Waals surface area contributed by atoms with E-state index in [1.807, 2.05) is 36.4 Å². The van der Waals surface area contributed by atoms with Crippen molar-refractivity contribution in [2.45, 2.75) is 12.0 Å². The highest BCUT2D eigenvalue weighted by atomic mass is 35.5. The van der Waals surface area contributed by atoms with Gasteiger partial charge in [-0.2, -0.15) is 0 Å². The maximum absolute atomic E-state index is 12.5. The predicted molar refractivity (Wildman–Crippen MR) is 103 cm³/mol. The number of ketones is 1. The Morgan fingerprint density at radius 2 is 1.92 bits per heavy atom. The molecule has 4 nitrogen and oxygen atoms in total. The van der Waals surface area contributed by atoms with Gasteiger partial charge in [-0.3, -0.25) is 9.59 Å². The molecule has 1 amide bonds. The van der Waals surface area contributed by atoms with Crippen LogP contribution in [-0.4, -0.2) is 23.8 Å². The van der Waals surface area contributed by atoms with E-state index >= 15 is 0 Å². The number of aliphatic hydroxyl groups is 1. The number of carbonyl (C=O) groups is 2. The molecule has 0 aromatic heterocycles. The van der Waals surface area contributed by atoms with Crippen molar-refractivity contribution in [1.29, 1.82) is 0 Å². The number of halogens is 1. The zero-order valence-corrected chi connectivity index (χ0v) is 15.0. The lowest BCUT2D eigenvalue weighted by molar-refractivity contribution is -0.140. The quantitative estimate of drug-likeness (QED) is 0.647. The first-order valence-corrected chi connectivity index (χ1v) is 8.53. The summed E-state index contributed by atoms with van der Waals surface area (Å²) in [7, 11) is 1.57. The van der Waals surface area contributed by atoms with E-state index in [0.717, 1.165) is 5.56 Å². The molecule has 1 atom stereocenters. The third-order valence-corrected chi connectivity index (χ3v) is 4.57. The average Bonchev–Trinajstić information content (AvgIpc) is 2.81. The van der Waals surface area contributed by atoms with E-state index in [2.05, 4.69) is 0 Å². The fraction of sp³-hybridized carbons (Fsp3) is 0.143. The summed E-state index contributed by atoms with van der Waals surface area (Å²) in [5.74, 6) is -0.879. The summed E-state index contributed by atoms with van der Waals surface area (Å²) in [6.45, 7) is 0. The molecule has 0 saturated carbocycles. The van der Waals surface area contributed by atoms with E-state index in [4.69, 9.17) is 11.6 Å². The Morgan fingerprint density at radius 3 is 2.65 bits per heavy atom. The van der Waals surface area contributed by atoms with Gasteiger partial charge in [-0.05, 0) is 29.8 Å². The predicted octanol–water partition coefficient (Wildman–Crippen LogP) is 3.73. The molecule has 2 aromatic carbocycles. The summed E-state index contributed by atoms with van der Waals surface area (Å²) < 4.78 is 0. The van der Waals surface area contributed by atoms with E-state index in [1.54, 1.807) is 31.3 Å². The Balaban J connectivity index is 1.75. The molecule has 0 saturated heterocycles. The lowest BCUT2D eigenvalue weighted by Crippen LogP contribution is -2.40. The number of allylic oxidation sites excluding steroid dienone is 3. The normalized spacial score (nSPS) is 19.5. The van der Waals surface area contributed by atoms with Gasteiger partial charge in [0.2, 0.25) is 0 Å². The SMILES string of the molecule is CN1C(=O)[C@@](O)(CC(=O)/C=C/C=C/c2ccccc2)c2cc(Cl)ccc21. The molecule has 0 spiro atoms. The highest BCUT2D eigenvalue weighted by Gasteiger charge is 2.49. The van der Waals surface area contributed by atoms with Gasteiger partial charge in [-0.15, -0.1) is 0 Å². The van der Waals surface area contributed by atoms with Gasteiger partial charge in [0.15, 0.2) is 11.4 Å². The Labute approximate surface area is 157 Å². The number of fused-ring (bicyclic) bond motifs is 1. The Morgan fingerprint density at radius 1 is 1.19 bits per heavy atom. The molecule has 1 aliphatic heterocycles. The number of amides is 1. The van der Waals surface area contributed by atoms with Crippen LogP contribution in [0, 0.1) is 0 Å². The fourth-order valence-corrected chi connectivity index (χ4v) is 3.18. The summed E-state index contributed by atoms with van der Waals surface area (Å²) >= 11 is 5.99. The van der Waals surface area contributed by atoms with E-state index in [-0.39, 0.29) is 12.2 Å². The summed E-state index contributed by atoms with van der Waals surface area (Å²) in [6.07, 6.45) is 6.22. The van der Waals surface area contributed by atoms with Crippen molar-refractivity contribution < 1.29 is 14.7 Å². The molecule has 0 bridgehead atoms. The molecule has 0 radical (unpaired) electrons. The van der Waals surface area contributed by atoms with E-state index in [9.17, 15) is 14.7 Å². The van der Waals surface area contributed by atoms with Crippen LogP contribution in [0.3, 0.4) is 0 Å². The molecular formula is C21H18ClNO3. The average molecular weight is 368 g/mol. The zero-order valence-electron chi connectivity index (χ0n) is 14.2. The molecular weight excluding hydrogens is 350 g/mol. The molecule has 2 aromatic rings. The number of carbonyl (C=O) groups excluding carboxylic acids is 2. The minimum absolute atomic E-state index is 0.334. The molecule has 0 fully saturated rings. The number of nitrogens with zero attached hydrogens (tertiary/aromatic N) is 1. The van der Waals surface area contributed by atoms with E-state index < -0.39 is 11.5 Å². The van der Waals surface area contributed by atoms with Gasteiger partial charge < -0.3 is 10.0 Å². The van der Waals surface area contributed by atoms with Crippen molar-refractivity contribution in [3.05, 3.63) is 82.9 Å². The van der Waals surface area contributed by atoms with Crippen molar-refractivity contribution in [3.63, 3.8) is 0 Å². The Kier molecular flexibility index (Phi) is 5.07. The van der Waals surface area contributed by atoms with Gasteiger partial charge in [0, 0.05) is 17.6 Å². The number of anilines is 1. The highest BCUT2D eigenvalue weighted by molar-refractivity contribution is 6.31. The minimum atomic E-state index is -1.89. The lowest BCUT2D eigenvalue weighted by Gasteiger charge is -2.20. The molecule has 0 unspecified atom stereocenters. The molecule has 26 heavy (non-hydrogen) atoms. The number of hydrogen-bond donors (Lipinski definition) is 1. The number of benzene rings is 2. The van der Waals surface area contributed by atoms with Gasteiger partial charge in [-0.1, -0.05) is 60.2 Å². The zero-order chi connectivity index (χ0) is 18.7. The molecule has 1 heterocycles. The second-order valence-electron chi connectivity index (χ2n) is 6.16. The summed E-state index contributed by atoms with van der Waals surface area (Å²) in [5.41, 5.74) is 0.0423. The van der Waals surface area contributed by atoms with Crippen LogP contribution in [0.5, 0.6) is 0 Å². The van der Waals surface area contributed by atoms with Crippen LogP contribution in [-0.2, 0) is 15.2 Å². The maximum Gasteiger partial charge on any atom is 0.263 e. The molecule has 3 rings (SSSR count). The van der Waals surface area contributed by atoms with Crippen molar-refractivity contribution in [1.82, 2.24) is 0 Å². The van der Waals surface area contributed by atoms with Crippen LogP contribution in [0.4, 0.5) is 5.69 Å². The van der Waals surface area contributed by atoms with Crippen LogP contribution in [0.15, 0.2) is 66.8 Å². The van der Waals surface area contributed by atoms with Gasteiger partial charge in [0.05, 0.1) is 12.1 Å². The first-order chi connectivity index (χ1) is 12.4. The summed E-state index contributed by atoms with van der Waals surface area (Å²) in [6, 6.07) is 14.5. The standard InChI is InChI=1S/C21H18ClNO3/c1-23-19-12-11-16(22)13-18(19)21(26,20(23)25)14-17(24)10-6-5-9-15-7-3-2-4-8-15/h2-13,26H,14H2,1H3/b9-5+,10-6+/t21-/m1/s1. The molecule has 0 aliphatic carbocycles. The number of hydrogen-bond acceptors (Lipinski definition) is 3.